The number of guanidine groups is 1. The summed E-state index contributed by atoms with van der Waals surface area (Å²) in [7, 11) is 0. The molecule has 2 aromatic rings. The van der Waals surface area contributed by atoms with Crippen LogP contribution in [0.4, 0.5) is 0 Å². The first-order chi connectivity index (χ1) is 10.7. The molecule has 2 aromatic heterocycles. The summed E-state index contributed by atoms with van der Waals surface area (Å²) in [6, 6.07) is 4.14. The molecule has 128 valence electrons. The number of hydrogen-bond donors (Lipinski definition) is 2. The van der Waals surface area contributed by atoms with Crippen molar-refractivity contribution >= 4 is 57.2 Å². The Hall–Kier alpha value is -0.680. The van der Waals surface area contributed by atoms with Crippen LogP contribution < -0.4 is 10.6 Å². The number of nitrogens with zero attached hydrogens (tertiary/aromatic N) is 4. The van der Waals surface area contributed by atoms with Gasteiger partial charge in [0.15, 0.2) is 5.96 Å². The van der Waals surface area contributed by atoms with Crippen LogP contribution in [0.5, 0.6) is 0 Å². The van der Waals surface area contributed by atoms with E-state index in [-0.39, 0.29) is 24.0 Å². The van der Waals surface area contributed by atoms with E-state index in [9.17, 15) is 0 Å². The summed E-state index contributed by atoms with van der Waals surface area (Å²) in [5.74, 6) is 1.84. The Kier molecular flexibility index (Phi) is 9.72. The van der Waals surface area contributed by atoms with E-state index in [0.717, 1.165) is 41.6 Å². The number of aryl methyl sites for hydroxylation is 1. The fourth-order valence-corrected chi connectivity index (χ4v) is 3.38. The molecule has 0 atom stereocenters. The van der Waals surface area contributed by atoms with Crippen molar-refractivity contribution in [1.82, 2.24) is 25.4 Å². The lowest BCUT2D eigenvalue weighted by atomic mass is 10.4. The summed E-state index contributed by atoms with van der Waals surface area (Å²) in [4.78, 5) is 5.83. The minimum atomic E-state index is 0. The van der Waals surface area contributed by atoms with Crippen molar-refractivity contribution in [1.29, 1.82) is 0 Å². The Morgan fingerprint density at radius 2 is 2.17 bits per heavy atom. The highest BCUT2D eigenvalue weighted by molar-refractivity contribution is 14.0. The molecule has 0 amide bonds. The molecule has 9 heteroatoms. The Labute approximate surface area is 166 Å². The molecule has 0 saturated heterocycles. The van der Waals surface area contributed by atoms with Gasteiger partial charge in [-0.2, -0.15) is 0 Å². The first-order valence-corrected chi connectivity index (χ1v) is 8.97. The Balaban J connectivity index is 0.00000264. The van der Waals surface area contributed by atoms with E-state index in [4.69, 9.17) is 0 Å². The maximum Gasteiger partial charge on any atom is 0.191 e. The highest BCUT2D eigenvalue weighted by atomic mass is 127. The van der Waals surface area contributed by atoms with Crippen molar-refractivity contribution in [3.63, 3.8) is 0 Å². The minimum Gasteiger partial charge on any atom is -0.357 e. The lowest BCUT2D eigenvalue weighted by molar-refractivity contribution is 0.633. The monoisotopic (exact) mass is 512 g/mol. The largest absolute Gasteiger partial charge is 0.357 e. The van der Waals surface area contributed by atoms with Crippen LogP contribution in [0, 0.1) is 0 Å². The highest BCUT2D eigenvalue weighted by Crippen LogP contribution is 2.22. The molecule has 0 aliphatic carbocycles. The molecule has 2 rings (SSSR count). The number of thiophene rings is 1. The molecule has 0 radical (unpaired) electrons. The zero-order valence-corrected chi connectivity index (χ0v) is 18.0. The van der Waals surface area contributed by atoms with Crippen molar-refractivity contribution in [3.8, 4) is 0 Å². The quantitative estimate of drug-likeness (QED) is 0.340. The maximum atomic E-state index is 4.60. The molecule has 0 aliphatic heterocycles. The van der Waals surface area contributed by atoms with Gasteiger partial charge in [-0.1, -0.05) is 6.92 Å². The lowest BCUT2D eigenvalue weighted by Gasteiger charge is -2.12. The summed E-state index contributed by atoms with van der Waals surface area (Å²) in [5, 5.41) is 14.6. The SMILES string of the molecule is CCNC(=NCc1ccc(Br)s1)NCCn1cnnc1CC.I. The van der Waals surface area contributed by atoms with Crippen molar-refractivity contribution in [2.75, 3.05) is 13.1 Å². The van der Waals surface area contributed by atoms with E-state index >= 15 is 0 Å². The zero-order chi connectivity index (χ0) is 15.8. The van der Waals surface area contributed by atoms with Gasteiger partial charge in [0.1, 0.15) is 12.2 Å². The molecule has 23 heavy (non-hydrogen) atoms. The van der Waals surface area contributed by atoms with Crippen molar-refractivity contribution < 1.29 is 0 Å². The van der Waals surface area contributed by atoms with Crippen molar-refractivity contribution in [2.24, 2.45) is 4.99 Å². The van der Waals surface area contributed by atoms with Crippen LogP contribution in [-0.4, -0.2) is 33.8 Å². The molecule has 2 N–H and O–H groups in total. The summed E-state index contributed by atoms with van der Waals surface area (Å²) >= 11 is 5.18. The third-order valence-corrected chi connectivity index (χ3v) is 4.63. The maximum absolute atomic E-state index is 4.60. The van der Waals surface area contributed by atoms with Gasteiger partial charge in [-0.15, -0.1) is 45.5 Å². The van der Waals surface area contributed by atoms with Gasteiger partial charge in [0, 0.05) is 30.9 Å². The van der Waals surface area contributed by atoms with Crippen LogP contribution in [0.25, 0.3) is 0 Å². The molecule has 0 aliphatic rings. The molecule has 0 unspecified atom stereocenters. The number of aromatic nitrogens is 3. The fraction of sp³-hybridized carbons (Fsp3) is 0.500. The average Bonchev–Trinajstić information content (AvgIpc) is 3.13. The van der Waals surface area contributed by atoms with Crippen molar-refractivity contribution in [3.05, 3.63) is 32.9 Å². The fourth-order valence-electron chi connectivity index (χ4n) is 1.97. The molecule has 6 nitrogen and oxygen atoms in total. The second-order valence-electron chi connectivity index (χ2n) is 4.62. The van der Waals surface area contributed by atoms with E-state index in [1.165, 1.54) is 4.88 Å². The number of nitrogens with one attached hydrogen (secondary N) is 2. The molecular weight excluding hydrogens is 491 g/mol. The molecule has 0 spiro atoms. The van der Waals surface area contributed by atoms with Gasteiger partial charge in [-0.3, -0.25) is 0 Å². The smallest absolute Gasteiger partial charge is 0.191 e. The van der Waals surface area contributed by atoms with Crippen LogP contribution in [0.1, 0.15) is 24.5 Å². The van der Waals surface area contributed by atoms with E-state index in [2.05, 4.69) is 66.2 Å². The number of rotatable bonds is 7. The predicted molar refractivity (Wildman–Crippen MR) is 110 cm³/mol. The number of halogens is 2. The van der Waals surface area contributed by atoms with Gasteiger partial charge in [0.05, 0.1) is 10.3 Å². The van der Waals surface area contributed by atoms with Crippen LogP contribution in [0.3, 0.4) is 0 Å². The Morgan fingerprint density at radius 3 is 2.83 bits per heavy atom. The lowest BCUT2D eigenvalue weighted by Crippen LogP contribution is -2.38. The van der Waals surface area contributed by atoms with E-state index in [1.807, 2.05) is 6.07 Å². The molecule has 0 aromatic carbocycles. The second-order valence-corrected chi connectivity index (χ2v) is 7.17. The van der Waals surface area contributed by atoms with Crippen LogP contribution in [-0.2, 0) is 19.5 Å². The molecule has 0 bridgehead atoms. The van der Waals surface area contributed by atoms with Gasteiger partial charge >= 0.3 is 0 Å². The summed E-state index contributed by atoms with van der Waals surface area (Å²) in [6.45, 7) is 7.27. The summed E-state index contributed by atoms with van der Waals surface area (Å²) in [6.07, 6.45) is 2.66. The number of hydrogen-bond acceptors (Lipinski definition) is 4. The van der Waals surface area contributed by atoms with Crippen molar-refractivity contribution in [2.45, 2.75) is 33.4 Å². The molecule has 0 saturated carbocycles. The van der Waals surface area contributed by atoms with Gasteiger partial charge in [0.25, 0.3) is 0 Å². The van der Waals surface area contributed by atoms with Gasteiger partial charge in [-0.25, -0.2) is 4.99 Å². The second kappa shape index (κ2) is 11.0. The van der Waals surface area contributed by atoms with Gasteiger partial charge in [-0.05, 0) is 35.0 Å². The third-order valence-electron chi connectivity index (χ3n) is 3.02. The molecule has 2 heterocycles. The highest BCUT2D eigenvalue weighted by Gasteiger charge is 2.03. The predicted octanol–water partition coefficient (Wildman–Crippen LogP) is 3.04. The average molecular weight is 513 g/mol. The standard InChI is InChI=1S/C14H21BrN6S.HI/c1-3-13-20-19-10-21(13)8-7-17-14(16-4-2)18-9-11-5-6-12(15)22-11;/h5-6,10H,3-4,7-9H2,1-2H3,(H2,16,17,18);1H. The van der Waals surface area contributed by atoms with Crippen LogP contribution in [0.2, 0.25) is 0 Å². The first-order valence-electron chi connectivity index (χ1n) is 7.36. The molecular formula is C14H22BrIN6S. The van der Waals surface area contributed by atoms with E-state index in [1.54, 1.807) is 17.7 Å². The first kappa shape index (κ1) is 20.4. The van der Waals surface area contributed by atoms with Crippen LogP contribution >= 0.6 is 51.2 Å². The normalized spacial score (nSPS) is 11.2. The van der Waals surface area contributed by atoms with Crippen LogP contribution in [0.15, 0.2) is 27.2 Å². The minimum absolute atomic E-state index is 0. The topological polar surface area (TPSA) is 67.1 Å². The summed E-state index contributed by atoms with van der Waals surface area (Å²) < 4.78 is 3.20. The van der Waals surface area contributed by atoms with Gasteiger partial charge in [0.2, 0.25) is 0 Å². The number of aliphatic imine (C=N–C) groups is 1. The van der Waals surface area contributed by atoms with E-state index < -0.39 is 0 Å². The zero-order valence-electron chi connectivity index (χ0n) is 13.3. The Bertz CT molecular complexity index is 612. The molecule has 0 fully saturated rings. The third kappa shape index (κ3) is 6.76. The van der Waals surface area contributed by atoms with E-state index in [0.29, 0.717) is 6.54 Å². The van der Waals surface area contributed by atoms with Gasteiger partial charge < -0.3 is 15.2 Å². The Morgan fingerprint density at radius 1 is 1.35 bits per heavy atom. The summed E-state index contributed by atoms with van der Waals surface area (Å²) in [5.41, 5.74) is 0.